The number of benzene rings is 9. The molecule has 0 bridgehead atoms. The van der Waals surface area contributed by atoms with E-state index in [0.717, 1.165) is 105 Å². The van der Waals surface area contributed by atoms with Crippen LogP contribution in [0, 0.1) is 0 Å². The first-order chi connectivity index (χ1) is 27.8. The van der Waals surface area contributed by atoms with Crippen LogP contribution in [0.2, 0.25) is 0 Å². The Kier molecular flexibility index (Phi) is 7.46. The molecule has 262 valence electrons. The molecule has 0 unspecified atom stereocenters. The summed E-state index contributed by atoms with van der Waals surface area (Å²) < 4.78 is 6.65. The number of aromatic nitrogens is 2. The van der Waals surface area contributed by atoms with Gasteiger partial charge in [-0.3, -0.25) is 0 Å². The lowest BCUT2D eigenvalue weighted by Crippen LogP contribution is -2.09. The Hall–Kier alpha value is -7.56. The fraction of sp³-hybridized carbons (Fsp3) is 0. The zero-order chi connectivity index (χ0) is 37.0. The molecule has 0 radical (unpaired) electrons. The first kappa shape index (κ1) is 31.9. The number of rotatable bonds is 6. The van der Waals surface area contributed by atoms with Crippen LogP contribution in [-0.4, -0.2) is 9.97 Å². The molecule has 0 atom stereocenters. The van der Waals surface area contributed by atoms with Crippen molar-refractivity contribution < 1.29 is 4.42 Å². The van der Waals surface area contributed by atoms with E-state index < -0.39 is 0 Å². The van der Waals surface area contributed by atoms with Crippen molar-refractivity contribution in [3.63, 3.8) is 0 Å². The van der Waals surface area contributed by atoms with E-state index in [1.54, 1.807) is 0 Å². The molecule has 2 aromatic heterocycles. The Morgan fingerprint density at radius 1 is 0.375 bits per heavy atom. The third-order valence-corrected chi connectivity index (χ3v) is 10.8. The molecule has 2 heterocycles. The van der Waals surface area contributed by atoms with Crippen LogP contribution in [-0.2, 0) is 0 Å². The van der Waals surface area contributed by atoms with Crippen molar-refractivity contribution in [2.45, 2.75) is 0 Å². The number of nitrogens with zero attached hydrogens (tertiary/aromatic N) is 3. The van der Waals surface area contributed by atoms with Crippen molar-refractivity contribution in [1.29, 1.82) is 0 Å². The Bertz CT molecular complexity index is 3190. The first-order valence-corrected chi connectivity index (χ1v) is 18.9. The molecule has 0 amide bonds. The maximum Gasteiger partial charge on any atom is 0.137 e. The second-order valence-corrected chi connectivity index (χ2v) is 14.2. The standard InChI is InChI=1S/C52H33N3O/c1-5-14-36(15-6-1)50-51(37-16-7-2-8-17-37)54-52-45(53-50)31-28-35-26-24-34-25-27-38(32-44(34)48(35)52)42-22-13-23-46-49(42)43-30-29-41(33-47(43)56-46)55(39-18-9-3-10-19-39)40-20-11-4-12-21-40/h1-33H. The molecular formula is C52H33N3O. The average Bonchev–Trinajstić information content (AvgIpc) is 3.65. The molecule has 0 aliphatic rings. The molecular weight excluding hydrogens is 683 g/mol. The quantitative estimate of drug-likeness (QED) is 0.161. The predicted octanol–water partition coefficient (Wildman–Crippen LogP) is 14.3. The largest absolute Gasteiger partial charge is 0.456 e. The van der Waals surface area contributed by atoms with Gasteiger partial charge in [0, 0.05) is 50.4 Å². The third kappa shape index (κ3) is 5.31. The number of para-hydroxylation sites is 2. The number of furan rings is 1. The van der Waals surface area contributed by atoms with Crippen molar-refractivity contribution >= 4 is 71.6 Å². The Morgan fingerprint density at radius 2 is 0.982 bits per heavy atom. The normalized spacial score (nSPS) is 11.6. The molecule has 56 heavy (non-hydrogen) atoms. The molecule has 4 heteroatoms. The van der Waals surface area contributed by atoms with Gasteiger partial charge in [-0.25, -0.2) is 9.97 Å². The van der Waals surface area contributed by atoms with Gasteiger partial charge in [-0.1, -0.05) is 140 Å². The average molecular weight is 716 g/mol. The van der Waals surface area contributed by atoms with Crippen LogP contribution in [0.25, 0.3) is 88.2 Å². The maximum absolute atomic E-state index is 6.65. The van der Waals surface area contributed by atoms with Gasteiger partial charge in [-0.2, -0.15) is 0 Å². The second kappa shape index (κ2) is 13.1. The zero-order valence-corrected chi connectivity index (χ0v) is 30.3. The van der Waals surface area contributed by atoms with Crippen LogP contribution in [0.15, 0.2) is 205 Å². The smallest absolute Gasteiger partial charge is 0.137 e. The number of hydrogen-bond acceptors (Lipinski definition) is 4. The minimum Gasteiger partial charge on any atom is -0.456 e. The van der Waals surface area contributed by atoms with Crippen molar-refractivity contribution in [2.24, 2.45) is 0 Å². The summed E-state index contributed by atoms with van der Waals surface area (Å²) in [5.41, 5.74) is 12.7. The van der Waals surface area contributed by atoms with Gasteiger partial charge in [0.1, 0.15) is 11.2 Å². The molecule has 4 nitrogen and oxygen atoms in total. The molecule has 9 aromatic carbocycles. The summed E-state index contributed by atoms with van der Waals surface area (Å²) in [4.78, 5) is 13.0. The monoisotopic (exact) mass is 715 g/mol. The number of hydrogen-bond donors (Lipinski definition) is 0. The van der Waals surface area contributed by atoms with E-state index in [1.807, 2.05) is 24.3 Å². The van der Waals surface area contributed by atoms with Crippen LogP contribution >= 0.6 is 0 Å². The van der Waals surface area contributed by atoms with Crippen molar-refractivity contribution in [3.8, 4) is 33.6 Å². The van der Waals surface area contributed by atoms with Crippen LogP contribution in [0.5, 0.6) is 0 Å². The first-order valence-electron chi connectivity index (χ1n) is 18.9. The Morgan fingerprint density at radius 3 is 1.68 bits per heavy atom. The lowest BCUT2D eigenvalue weighted by Gasteiger charge is -2.25. The van der Waals surface area contributed by atoms with E-state index in [1.165, 1.54) is 0 Å². The van der Waals surface area contributed by atoms with E-state index in [4.69, 9.17) is 14.4 Å². The van der Waals surface area contributed by atoms with Gasteiger partial charge in [-0.05, 0) is 81.9 Å². The summed E-state index contributed by atoms with van der Waals surface area (Å²) in [5, 5.41) is 6.70. The van der Waals surface area contributed by atoms with E-state index in [2.05, 4.69) is 181 Å². The van der Waals surface area contributed by atoms with Gasteiger partial charge in [0.2, 0.25) is 0 Å². The fourth-order valence-electron chi connectivity index (χ4n) is 8.21. The topological polar surface area (TPSA) is 42.2 Å². The lowest BCUT2D eigenvalue weighted by molar-refractivity contribution is 0.669. The van der Waals surface area contributed by atoms with E-state index in [9.17, 15) is 0 Å². The summed E-state index contributed by atoms with van der Waals surface area (Å²) in [7, 11) is 0. The van der Waals surface area contributed by atoms with Gasteiger partial charge in [0.15, 0.2) is 0 Å². The highest BCUT2D eigenvalue weighted by molar-refractivity contribution is 6.20. The molecule has 0 spiro atoms. The SMILES string of the molecule is c1ccc(-c2nc3ccc4ccc5ccc(-c6cccc7oc8cc(N(c9ccccc9)c9ccccc9)ccc8c67)cc5c4c3nc2-c2ccccc2)cc1. The summed E-state index contributed by atoms with van der Waals surface area (Å²) >= 11 is 0. The molecule has 0 fully saturated rings. The maximum atomic E-state index is 6.65. The summed E-state index contributed by atoms with van der Waals surface area (Å²) in [6.07, 6.45) is 0. The van der Waals surface area contributed by atoms with E-state index >= 15 is 0 Å². The summed E-state index contributed by atoms with van der Waals surface area (Å²) in [6.45, 7) is 0. The van der Waals surface area contributed by atoms with Gasteiger partial charge in [0.25, 0.3) is 0 Å². The molecule has 0 N–H and O–H groups in total. The van der Waals surface area contributed by atoms with Crippen molar-refractivity contribution in [1.82, 2.24) is 9.97 Å². The van der Waals surface area contributed by atoms with Gasteiger partial charge < -0.3 is 9.32 Å². The zero-order valence-electron chi connectivity index (χ0n) is 30.3. The van der Waals surface area contributed by atoms with Gasteiger partial charge >= 0.3 is 0 Å². The molecule has 0 aliphatic carbocycles. The van der Waals surface area contributed by atoms with E-state index in [-0.39, 0.29) is 0 Å². The third-order valence-electron chi connectivity index (χ3n) is 10.8. The second-order valence-electron chi connectivity index (χ2n) is 14.2. The molecule has 11 rings (SSSR count). The van der Waals surface area contributed by atoms with Crippen LogP contribution in [0.4, 0.5) is 17.1 Å². The molecule has 0 saturated heterocycles. The molecule has 0 aliphatic heterocycles. The summed E-state index contributed by atoms with van der Waals surface area (Å²) in [5.74, 6) is 0. The van der Waals surface area contributed by atoms with Crippen molar-refractivity contribution in [2.75, 3.05) is 4.90 Å². The van der Waals surface area contributed by atoms with Crippen LogP contribution in [0.3, 0.4) is 0 Å². The van der Waals surface area contributed by atoms with E-state index in [0.29, 0.717) is 0 Å². The van der Waals surface area contributed by atoms with Crippen LogP contribution < -0.4 is 4.90 Å². The Labute approximate surface area is 323 Å². The number of anilines is 3. The lowest BCUT2D eigenvalue weighted by atomic mass is 9.94. The predicted molar refractivity (Wildman–Crippen MR) is 233 cm³/mol. The Balaban J connectivity index is 1.10. The molecule has 11 aromatic rings. The minimum atomic E-state index is 0.844. The molecule has 0 saturated carbocycles. The highest BCUT2D eigenvalue weighted by Gasteiger charge is 2.19. The highest BCUT2D eigenvalue weighted by atomic mass is 16.3. The van der Waals surface area contributed by atoms with Crippen LogP contribution in [0.1, 0.15) is 0 Å². The fourth-order valence-corrected chi connectivity index (χ4v) is 8.21. The highest BCUT2D eigenvalue weighted by Crippen LogP contribution is 2.43. The summed E-state index contributed by atoms with van der Waals surface area (Å²) in [6, 6.07) is 70.0. The van der Waals surface area contributed by atoms with Gasteiger partial charge in [0.05, 0.1) is 22.4 Å². The van der Waals surface area contributed by atoms with Crippen molar-refractivity contribution in [3.05, 3.63) is 200 Å². The minimum absolute atomic E-state index is 0.844. The number of fused-ring (bicyclic) bond motifs is 8. The van der Waals surface area contributed by atoms with Gasteiger partial charge in [-0.15, -0.1) is 0 Å².